The number of urea groups is 1. The van der Waals surface area contributed by atoms with Gasteiger partial charge in [-0.2, -0.15) is 0 Å². The summed E-state index contributed by atoms with van der Waals surface area (Å²) in [6, 6.07) is 15.9. The molecule has 25 heavy (non-hydrogen) atoms. The van der Waals surface area contributed by atoms with E-state index in [0.717, 1.165) is 28.7 Å². The third kappa shape index (κ3) is 4.58. The van der Waals surface area contributed by atoms with E-state index in [1.165, 1.54) is 0 Å². The number of hydrogen-bond donors (Lipinski definition) is 3. The number of hydrogen-bond acceptors (Lipinski definition) is 3. The van der Waals surface area contributed by atoms with Crippen LogP contribution in [0.4, 0.5) is 4.79 Å². The molecule has 0 unspecified atom stereocenters. The van der Waals surface area contributed by atoms with E-state index in [2.05, 4.69) is 38.4 Å². The van der Waals surface area contributed by atoms with Gasteiger partial charge in [-0.15, -0.1) is 0 Å². The molecular weight excluding hydrogens is 316 g/mol. The van der Waals surface area contributed by atoms with Crippen molar-refractivity contribution >= 4 is 17.1 Å². The van der Waals surface area contributed by atoms with E-state index in [9.17, 15) is 9.90 Å². The van der Waals surface area contributed by atoms with E-state index in [0.29, 0.717) is 6.54 Å². The number of benzene rings is 2. The van der Waals surface area contributed by atoms with Gasteiger partial charge >= 0.3 is 6.03 Å². The maximum atomic E-state index is 11.7. The minimum atomic E-state index is -0.556. The van der Waals surface area contributed by atoms with Crippen molar-refractivity contribution in [3.8, 4) is 0 Å². The molecule has 3 rings (SSSR count). The zero-order chi connectivity index (χ0) is 17.6. The van der Waals surface area contributed by atoms with E-state index in [1.54, 1.807) is 6.92 Å². The number of carbonyl (C=O) groups is 1. The summed E-state index contributed by atoms with van der Waals surface area (Å²) in [6.07, 6.45) is 1.29. The summed E-state index contributed by atoms with van der Waals surface area (Å²) in [6.45, 7) is 3.02. The number of amides is 2. The molecule has 2 aromatic carbocycles. The van der Waals surface area contributed by atoms with Gasteiger partial charge in [-0.3, -0.25) is 0 Å². The Morgan fingerprint density at radius 1 is 1.16 bits per heavy atom. The second-order valence-corrected chi connectivity index (χ2v) is 6.09. The summed E-state index contributed by atoms with van der Waals surface area (Å²) in [4.78, 5) is 16.1. The van der Waals surface area contributed by atoms with E-state index >= 15 is 0 Å². The minimum absolute atomic E-state index is 0.236. The molecule has 6 nitrogen and oxygen atoms in total. The molecule has 0 aliphatic carbocycles. The normalized spacial score (nSPS) is 12.1. The number of para-hydroxylation sites is 2. The quantitative estimate of drug-likeness (QED) is 0.645. The average molecular weight is 338 g/mol. The van der Waals surface area contributed by atoms with Gasteiger partial charge in [0.1, 0.15) is 0 Å². The molecule has 2 amide bonds. The first-order chi connectivity index (χ1) is 12.1. The number of aromatic nitrogens is 2. The van der Waals surface area contributed by atoms with Gasteiger partial charge in [0, 0.05) is 19.6 Å². The Hall–Kier alpha value is -2.86. The van der Waals surface area contributed by atoms with Gasteiger partial charge in [0.25, 0.3) is 0 Å². The molecule has 0 saturated carbocycles. The molecule has 0 saturated heterocycles. The second kappa shape index (κ2) is 7.81. The van der Waals surface area contributed by atoms with Crippen LogP contribution in [-0.2, 0) is 13.1 Å². The first kappa shape index (κ1) is 17.0. The van der Waals surface area contributed by atoms with Crippen LogP contribution in [0.3, 0.4) is 0 Å². The molecule has 0 aliphatic heterocycles. The first-order valence-electron chi connectivity index (χ1n) is 8.29. The third-order valence-corrected chi connectivity index (χ3v) is 3.88. The van der Waals surface area contributed by atoms with Gasteiger partial charge in [-0.25, -0.2) is 9.78 Å². The van der Waals surface area contributed by atoms with Crippen molar-refractivity contribution in [1.82, 2.24) is 20.2 Å². The van der Waals surface area contributed by atoms with E-state index < -0.39 is 6.10 Å². The molecule has 0 fully saturated rings. The lowest BCUT2D eigenvalue weighted by molar-refractivity contribution is 0.187. The molecule has 6 heteroatoms. The fourth-order valence-corrected chi connectivity index (χ4v) is 2.66. The fraction of sp³-hybridized carbons (Fsp3) is 0.263. The van der Waals surface area contributed by atoms with Crippen molar-refractivity contribution in [3.63, 3.8) is 0 Å². The van der Waals surface area contributed by atoms with Gasteiger partial charge < -0.3 is 20.3 Å². The van der Waals surface area contributed by atoms with Crippen molar-refractivity contribution < 1.29 is 9.90 Å². The molecule has 0 aliphatic rings. The van der Waals surface area contributed by atoms with Crippen molar-refractivity contribution in [1.29, 1.82) is 0 Å². The SMILES string of the molecule is C[C@@H](O)CNC(=O)NCc1cccc(Cn2cnc3ccccc32)c1. The monoisotopic (exact) mass is 338 g/mol. The zero-order valence-corrected chi connectivity index (χ0v) is 14.1. The van der Waals surface area contributed by atoms with Gasteiger partial charge in [-0.1, -0.05) is 36.4 Å². The smallest absolute Gasteiger partial charge is 0.315 e. The van der Waals surface area contributed by atoms with Gasteiger partial charge in [0.05, 0.1) is 23.5 Å². The highest BCUT2D eigenvalue weighted by atomic mass is 16.3. The summed E-state index contributed by atoms with van der Waals surface area (Å²) in [5, 5.41) is 14.6. The Kier molecular flexibility index (Phi) is 5.30. The summed E-state index contributed by atoms with van der Waals surface area (Å²) >= 11 is 0. The van der Waals surface area contributed by atoms with E-state index in [-0.39, 0.29) is 12.6 Å². The fourth-order valence-electron chi connectivity index (χ4n) is 2.66. The van der Waals surface area contributed by atoms with Crippen LogP contribution >= 0.6 is 0 Å². The van der Waals surface area contributed by atoms with Crippen molar-refractivity contribution in [3.05, 3.63) is 66.0 Å². The largest absolute Gasteiger partial charge is 0.392 e. The Balaban J connectivity index is 1.62. The molecule has 1 heterocycles. The molecule has 0 bridgehead atoms. The van der Waals surface area contributed by atoms with Crippen molar-refractivity contribution in [2.45, 2.75) is 26.1 Å². The van der Waals surface area contributed by atoms with Crippen LogP contribution < -0.4 is 10.6 Å². The van der Waals surface area contributed by atoms with Crippen LogP contribution in [-0.4, -0.2) is 33.3 Å². The van der Waals surface area contributed by atoms with Crippen LogP contribution in [0.15, 0.2) is 54.9 Å². The highest BCUT2D eigenvalue weighted by Crippen LogP contribution is 2.14. The molecule has 0 spiro atoms. The summed E-state index contributed by atoms with van der Waals surface area (Å²) in [7, 11) is 0. The number of nitrogens with zero attached hydrogens (tertiary/aromatic N) is 2. The van der Waals surface area contributed by atoms with Gasteiger partial charge in [0.15, 0.2) is 0 Å². The maximum Gasteiger partial charge on any atom is 0.315 e. The maximum absolute atomic E-state index is 11.7. The summed E-state index contributed by atoms with van der Waals surface area (Å²) in [5.74, 6) is 0. The molecule has 3 N–H and O–H groups in total. The predicted octanol–water partition coefficient (Wildman–Crippen LogP) is 2.26. The highest BCUT2D eigenvalue weighted by molar-refractivity contribution is 5.75. The first-order valence-corrected chi connectivity index (χ1v) is 8.29. The molecule has 3 aromatic rings. The lowest BCUT2D eigenvalue weighted by atomic mass is 10.1. The number of fused-ring (bicyclic) bond motifs is 1. The van der Waals surface area contributed by atoms with Gasteiger partial charge in [0.2, 0.25) is 0 Å². The van der Waals surface area contributed by atoms with Crippen molar-refractivity contribution in [2.75, 3.05) is 6.54 Å². The molecule has 1 aromatic heterocycles. The number of nitrogens with one attached hydrogen (secondary N) is 2. The Bertz CT molecular complexity index is 857. The van der Waals surface area contributed by atoms with Crippen molar-refractivity contribution in [2.24, 2.45) is 0 Å². The minimum Gasteiger partial charge on any atom is -0.392 e. The number of rotatable bonds is 6. The third-order valence-electron chi connectivity index (χ3n) is 3.88. The predicted molar refractivity (Wildman–Crippen MR) is 97.2 cm³/mol. The standard InChI is InChI=1S/C19H22N4O2/c1-14(24)10-20-19(25)21-11-15-5-4-6-16(9-15)12-23-13-22-17-7-2-3-8-18(17)23/h2-9,13-14,24H,10-12H2,1H3,(H2,20,21,25)/t14-/m1/s1. The lowest BCUT2D eigenvalue weighted by Gasteiger charge is -2.10. The lowest BCUT2D eigenvalue weighted by Crippen LogP contribution is -2.38. The van der Waals surface area contributed by atoms with Crippen LogP contribution in [0, 0.1) is 0 Å². The number of carbonyl (C=O) groups excluding carboxylic acids is 1. The average Bonchev–Trinajstić information content (AvgIpc) is 3.02. The van der Waals surface area contributed by atoms with Crippen LogP contribution in [0.2, 0.25) is 0 Å². The van der Waals surface area contributed by atoms with Crippen LogP contribution in [0.5, 0.6) is 0 Å². The van der Waals surface area contributed by atoms with Gasteiger partial charge in [-0.05, 0) is 30.2 Å². The highest BCUT2D eigenvalue weighted by Gasteiger charge is 2.05. The molecule has 130 valence electrons. The Morgan fingerprint density at radius 3 is 2.80 bits per heavy atom. The second-order valence-electron chi connectivity index (χ2n) is 6.09. The van der Waals surface area contributed by atoms with E-state index in [4.69, 9.17) is 0 Å². The number of aliphatic hydroxyl groups is 1. The molecule has 1 atom stereocenters. The Labute approximate surface area is 146 Å². The Morgan fingerprint density at radius 2 is 1.96 bits per heavy atom. The number of aliphatic hydroxyl groups excluding tert-OH is 1. The van der Waals surface area contributed by atoms with Crippen LogP contribution in [0.1, 0.15) is 18.1 Å². The molecular formula is C19H22N4O2. The molecule has 0 radical (unpaired) electrons. The summed E-state index contributed by atoms with van der Waals surface area (Å²) < 4.78 is 2.11. The topological polar surface area (TPSA) is 79.2 Å². The summed E-state index contributed by atoms with van der Waals surface area (Å²) in [5.41, 5.74) is 4.25. The zero-order valence-electron chi connectivity index (χ0n) is 14.1. The number of imidazole rings is 1. The van der Waals surface area contributed by atoms with Crippen LogP contribution in [0.25, 0.3) is 11.0 Å². The van der Waals surface area contributed by atoms with E-state index in [1.807, 2.05) is 36.7 Å².